The first-order chi connectivity index (χ1) is 16.5. The van der Waals surface area contributed by atoms with Gasteiger partial charge < -0.3 is 4.74 Å². The molecule has 2 atom stereocenters. The maximum atomic E-state index is 12.4. The summed E-state index contributed by atoms with van der Waals surface area (Å²) in [5, 5.41) is 14.8. The Labute approximate surface area is 197 Å². The third-order valence-corrected chi connectivity index (χ3v) is 5.50. The number of aryl methyl sites for hydroxylation is 1. The molecule has 9 heteroatoms. The highest BCUT2D eigenvalue weighted by Crippen LogP contribution is 2.25. The number of hydrogen-bond donors (Lipinski definition) is 3. The Morgan fingerprint density at radius 1 is 1.15 bits per heavy atom. The standard InChI is InChI=1S/C25H25N5O4/c1-17-5-7-18(8-6-17)16-34-22-11-9-20(10-12-22)23-14-24(28-27-23)25(31)29-26-15-19-3-2-4-21(13-19)30(32)33/h2-13,15,23-24,27-28H,14,16H2,1H3,(H,29,31)/b26-15+. The number of hydrazine groups is 1. The SMILES string of the molecule is Cc1ccc(COc2ccc(C3CC(C(=O)N/N=C/c4cccc([N+](=O)[O-])c4)NN3)cc2)cc1. The van der Waals surface area contributed by atoms with Crippen LogP contribution < -0.4 is 21.0 Å². The smallest absolute Gasteiger partial charge is 0.270 e. The number of ether oxygens (including phenoxy) is 1. The monoisotopic (exact) mass is 459 g/mol. The molecule has 2 unspecified atom stereocenters. The molecule has 3 N–H and O–H groups in total. The maximum Gasteiger partial charge on any atom is 0.270 e. The molecule has 0 aliphatic carbocycles. The van der Waals surface area contributed by atoms with Crippen molar-refractivity contribution in [2.75, 3.05) is 0 Å². The lowest BCUT2D eigenvalue weighted by Crippen LogP contribution is -2.41. The van der Waals surface area contributed by atoms with Crippen molar-refractivity contribution >= 4 is 17.8 Å². The van der Waals surface area contributed by atoms with Gasteiger partial charge in [0.2, 0.25) is 0 Å². The van der Waals surface area contributed by atoms with Gasteiger partial charge in [0.15, 0.2) is 0 Å². The van der Waals surface area contributed by atoms with Crippen LogP contribution >= 0.6 is 0 Å². The van der Waals surface area contributed by atoms with Crippen molar-refractivity contribution in [3.05, 3.63) is 105 Å². The summed E-state index contributed by atoms with van der Waals surface area (Å²) in [5.74, 6) is 0.481. The number of nitro groups is 1. The van der Waals surface area contributed by atoms with Crippen LogP contribution in [0, 0.1) is 17.0 Å². The van der Waals surface area contributed by atoms with Crippen LogP contribution in [0.3, 0.4) is 0 Å². The molecule has 34 heavy (non-hydrogen) atoms. The van der Waals surface area contributed by atoms with Crippen LogP contribution in [0.4, 0.5) is 5.69 Å². The number of hydrazone groups is 1. The lowest BCUT2D eigenvalue weighted by Gasteiger charge is -2.11. The summed E-state index contributed by atoms with van der Waals surface area (Å²) < 4.78 is 5.86. The van der Waals surface area contributed by atoms with Gasteiger partial charge in [-0.2, -0.15) is 5.10 Å². The molecule has 174 valence electrons. The highest BCUT2D eigenvalue weighted by molar-refractivity contribution is 5.85. The summed E-state index contributed by atoms with van der Waals surface area (Å²) in [5.41, 5.74) is 12.4. The van der Waals surface area contributed by atoms with Gasteiger partial charge in [-0.05, 0) is 36.6 Å². The van der Waals surface area contributed by atoms with E-state index in [0.717, 1.165) is 16.9 Å². The number of non-ortho nitro benzene ring substituents is 1. The zero-order chi connectivity index (χ0) is 23.9. The summed E-state index contributed by atoms with van der Waals surface area (Å²) in [6.45, 7) is 2.55. The Morgan fingerprint density at radius 2 is 1.91 bits per heavy atom. The normalized spacial score (nSPS) is 17.6. The molecule has 1 aliphatic rings. The van der Waals surface area contributed by atoms with Crippen molar-refractivity contribution in [1.29, 1.82) is 0 Å². The van der Waals surface area contributed by atoms with Gasteiger partial charge in [-0.25, -0.2) is 16.3 Å². The van der Waals surface area contributed by atoms with Gasteiger partial charge in [-0.1, -0.05) is 54.1 Å². The average molecular weight is 460 g/mol. The van der Waals surface area contributed by atoms with E-state index in [4.69, 9.17) is 4.74 Å². The number of nitrogens with zero attached hydrogens (tertiary/aromatic N) is 2. The predicted molar refractivity (Wildman–Crippen MR) is 128 cm³/mol. The van der Waals surface area contributed by atoms with E-state index in [-0.39, 0.29) is 17.6 Å². The molecule has 1 saturated heterocycles. The van der Waals surface area contributed by atoms with Gasteiger partial charge in [0.05, 0.1) is 11.1 Å². The molecule has 3 aromatic rings. The number of carbonyl (C=O) groups excluding carboxylic acids is 1. The molecule has 9 nitrogen and oxygen atoms in total. The summed E-state index contributed by atoms with van der Waals surface area (Å²) in [6, 6.07) is 21.5. The number of nitro benzene ring substituents is 1. The van der Waals surface area contributed by atoms with E-state index in [9.17, 15) is 14.9 Å². The van der Waals surface area contributed by atoms with Crippen LogP contribution in [0.1, 0.15) is 34.7 Å². The highest BCUT2D eigenvalue weighted by atomic mass is 16.6. The number of hydrogen-bond acceptors (Lipinski definition) is 7. The fourth-order valence-electron chi connectivity index (χ4n) is 3.56. The van der Waals surface area contributed by atoms with Crippen molar-refractivity contribution in [2.24, 2.45) is 5.10 Å². The first-order valence-corrected chi connectivity index (χ1v) is 10.8. The first kappa shape index (κ1) is 23.1. The van der Waals surface area contributed by atoms with Crippen LogP contribution in [0.15, 0.2) is 77.9 Å². The molecule has 4 rings (SSSR count). The zero-order valence-corrected chi connectivity index (χ0v) is 18.6. The largest absolute Gasteiger partial charge is 0.489 e. The third-order valence-electron chi connectivity index (χ3n) is 5.50. The van der Waals surface area contributed by atoms with E-state index in [1.54, 1.807) is 12.1 Å². The van der Waals surface area contributed by atoms with E-state index in [1.807, 2.05) is 24.3 Å². The fourth-order valence-corrected chi connectivity index (χ4v) is 3.56. The van der Waals surface area contributed by atoms with E-state index in [1.165, 1.54) is 23.9 Å². The molecule has 1 fully saturated rings. The Hall–Kier alpha value is -4.08. The fraction of sp³-hybridized carbons (Fsp3) is 0.200. The lowest BCUT2D eigenvalue weighted by atomic mass is 10.0. The molecule has 0 aromatic heterocycles. The minimum Gasteiger partial charge on any atom is -0.489 e. The highest BCUT2D eigenvalue weighted by Gasteiger charge is 2.30. The van der Waals surface area contributed by atoms with Crippen molar-refractivity contribution < 1.29 is 14.5 Å². The van der Waals surface area contributed by atoms with E-state index in [2.05, 4.69) is 52.6 Å². The lowest BCUT2D eigenvalue weighted by molar-refractivity contribution is -0.384. The Bertz CT molecular complexity index is 1180. The summed E-state index contributed by atoms with van der Waals surface area (Å²) in [7, 11) is 0. The van der Waals surface area contributed by atoms with Crippen LogP contribution in [0.25, 0.3) is 0 Å². The van der Waals surface area contributed by atoms with Crippen molar-refractivity contribution in [3.8, 4) is 5.75 Å². The summed E-state index contributed by atoms with van der Waals surface area (Å²) in [6.07, 6.45) is 1.92. The first-order valence-electron chi connectivity index (χ1n) is 10.8. The predicted octanol–water partition coefficient (Wildman–Crippen LogP) is 3.54. The van der Waals surface area contributed by atoms with E-state index < -0.39 is 11.0 Å². The van der Waals surface area contributed by atoms with Crippen molar-refractivity contribution in [3.63, 3.8) is 0 Å². The molecule has 3 aromatic carbocycles. The number of benzene rings is 3. The molecule has 0 bridgehead atoms. The summed E-state index contributed by atoms with van der Waals surface area (Å²) >= 11 is 0. The molecule has 1 aliphatic heterocycles. The number of carbonyl (C=O) groups is 1. The van der Waals surface area contributed by atoms with Gasteiger partial charge in [-0.15, -0.1) is 0 Å². The van der Waals surface area contributed by atoms with Crippen LogP contribution in [0.2, 0.25) is 0 Å². The van der Waals surface area contributed by atoms with Gasteiger partial charge in [0, 0.05) is 23.7 Å². The topological polar surface area (TPSA) is 118 Å². The van der Waals surface area contributed by atoms with Gasteiger partial charge in [0.25, 0.3) is 11.6 Å². The Morgan fingerprint density at radius 3 is 2.65 bits per heavy atom. The second kappa shape index (κ2) is 10.7. The molecule has 0 radical (unpaired) electrons. The quantitative estimate of drug-likeness (QED) is 0.269. The summed E-state index contributed by atoms with van der Waals surface area (Å²) in [4.78, 5) is 22.8. The van der Waals surface area contributed by atoms with Crippen molar-refractivity contribution in [2.45, 2.75) is 32.0 Å². The maximum absolute atomic E-state index is 12.4. The second-order valence-corrected chi connectivity index (χ2v) is 8.06. The van der Waals surface area contributed by atoms with Crippen LogP contribution in [0.5, 0.6) is 5.75 Å². The minimum atomic E-state index is -0.479. The number of rotatable bonds is 8. The second-order valence-electron chi connectivity index (χ2n) is 8.06. The molecule has 0 spiro atoms. The molecule has 1 heterocycles. The van der Waals surface area contributed by atoms with E-state index in [0.29, 0.717) is 18.6 Å². The van der Waals surface area contributed by atoms with Crippen LogP contribution in [-0.4, -0.2) is 23.1 Å². The third kappa shape index (κ3) is 6.03. The Kier molecular flexibility index (Phi) is 7.26. The molecule has 1 amide bonds. The average Bonchev–Trinajstić information content (AvgIpc) is 3.35. The van der Waals surface area contributed by atoms with Gasteiger partial charge in [-0.3, -0.25) is 14.9 Å². The van der Waals surface area contributed by atoms with Crippen molar-refractivity contribution in [1.82, 2.24) is 16.3 Å². The van der Waals surface area contributed by atoms with Gasteiger partial charge >= 0.3 is 0 Å². The number of amides is 1. The van der Waals surface area contributed by atoms with E-state index >= 15 is 0 Å². The molecule has 0 saturated carbocycles. The minimum absolute atomic E-state index is 0.0358. The number of nitrogens with one attached hydrogen (secondary N) is 3. The van der Waals surface area contributed by atoms with Gasteiger partial charge in [0.1, 0.15) is 18.4 Å². The molecular formula is C25H25N5O4. The van der Waals surface area contributed by atoms with Crippen LogP contribution in [-0.2, 0) is 11.4 Å². The Balaban J connectivity index is 1.26. The zero-order valence-electron chi connectivity index (χ0n) is 18.6. The molecular weight excluding hydrogens is 434 g/mol.